The van der Waals surface area contributed by atoms with Crippen LogP contribution in [0, 0.1) is 27.4 Å². The van der Waals surface area contributed by atoms with E-state index in [1.165, 1.54) is 6.07 Å². The lowest BCUT2D eigenvalue weighted by Crippen LogP contribution is -2.12. The fraction of sp³-hybridized carbons (Fsp3) is 0.111. The van der Waals surface area contributed by atoms with E-state index in [2.05, 4.69) is 10.3 Å². The molecular formula is C9H7FN4O2S. The molecule has 17 heavy (non-hydrogen) atoms. The standard InChI is InChI=1S/C9H7FN4O2S/c1-17-9(12-5-11)13-7-3-2-6(10)4-8(7)14(15)16/h2-4H,1H3,(H,12,13). The minimum absolute atomic E-state index is 0.0106. The van der Waals surface area contributed by atoms with Crippen molar-refractivity contribution in [2.45, 2.75) is 0 Å². The highest BCUT2D eigenvalue weighted by Crippen LogP contribution is 2.28. The largest absolute Gasteiger partial charge is 0.297 e. The van der Waals surface area contributed by atoms with Crippen LogP contribution in [0.15, 0.2) is 23.2 Å². The second-order valence-corrected chi connectivity index (χ2v) is 3.54. The number of halogens is 1. The third-order valence-electron chi connectivity index (χ3n) is 1.71. The van der Waals surface area contributed by atoms with E-state index < -0.39 is 16.4 Å². The van der Waals surface area contributed by atoms with Crippen molar-refractivity contribution in [3.05, 3.63) is 34.1 Å². The van der Waals surface area contributed by atoms with Crippen molar-refractivity contribution in [3.8, 4) is 6.19 Å². The first-order chi connectivity index (χ1) is 8.08. The molecule has 1 aromatic rings. The Morgan fingerprint density at radius 2 is 2.41 bits per heavy atom. The Morgan fingerprint density at radius 3 is 2.94 bits per heavy atom. The molecule has 8 heteroatoms. The number of nitrogens with zero attached hydrogens (tertiary/aromatic N) is 3. The quantitative estimate of drug-likeness (QED) is 0.218. The maximum absolute atomic E-state index is 12.8. The SMILES string of the molecule is CSC(=Nc1ccc(F)cc1[N+](=O)[O-])NC#N. The van der Waals surface area contributed by atoms with Gasteiger partial charge in [-0.15, -0.1) is 0 Å². The maximum atomic E-state index is 12.8. The smallest absolute Gasteiger partial charge is 0.271 e. The van der Waals surface area contributed by atoms with Crippen molar-refractivity contribution in [2.75, 3.05) is 6.26 Å². The summed E-state index contributed by atoms with van der Waals surface area (Å²) in [5, 5.41) is 21.6. The number of aliphatic imine (C=N–C) groups is 1. The molecule has 0 atom stereocenters. The Bertz CT molecular complexity index is 512. The molecule has 0 aliphatic rings. The molecule has 0 heterocycles. The fourth-order valence-corrected chi connectivity index (χ4v) is 1.36. The number of nitriles is 1. The number of nitro groups is 1. The van der Waals surface area contributed by atoms with Gasteiger partial charge < -0.3 is 0 Å². The number of nitro benzene ring substituents is 1. The number of benzene rings is 1. The van der Waals surface area contributed by atoms with Gasteiger partial charge in [-0.25, -0.2) is 9.38 Å². The summed E-state index contributed by atoms with van der Waals surface area (Å²) < 4.78 is 12.8. The fourth-order valence-electron chi connectivity index (χ4n) is 1.02. The monoisotopic (exact) mass is 254 g/mol. The molecule has 0 saturated heterocycles. The van der Waals surface area contributed by atoms with Crippen molar-refractivity contribution in [1.29, 1.82) is 5.26 Å². The van der Waals surface area contributed by atoms with Crippen LogP contribution in [0.25, 0.3) is 0 Å². The van der Waals surface area contributed by atoms with Crippen LogP contribution in [0.1, 0.15) is 0 Å². The average Bonchev–Trinajstić information content (AvgIpc) is 2.30. The normalized spacial score (nSPS) is 10.8. The van der Waals surface area contributed by atoms with Crippen molar-refractivity contribution in [2.24, 2.45) is 4.99 Å². The Balaban J connectivity index is 3.22. The Labute approximate surface area is 100 Å². The molecule has 0 aromatic heterocycles. The van der Waals surface area contributed by atoms with Crippen LogP contribution < -0.4 is 5.32 Å². The molecule has 0 fully saturated rings. The van der Waals surface area contributed by atoms with E-state index in [4.69, 9.17) is 5.26 Å². The molecule has 1 rings (SSSR count). The third-order valence-corrected chi connectivity index (χ3v) is 2.29. The number of nitrogens with one attached hydrogen (secondary N) is 1. The second-order valence-electron chi connectivity index (χ2n) is 2.75. The molecular weight excluding hydrogens is 247 g/mol. The van der Waals surface area contributed by atoms with Crippen LogP contribution in [0.2, 0.25) is 0 Å². The van der Waals surface area contributed by atoms with E-state index in [9.17, 15) is 14.5 Å². The molecule has 0 unspecified atom stereocenters. The zero-order valence-electron chi connectivity index (χ0n) is 8.68. The topological polar surface area (TPSA) is 91.3 Å². The Kier molecular flexibility index (Phi) is 4.42. The van der Waals surface area contributed by atoms with Gasteiger partial charge in [0, 0.05) is 0 Å². The minimum Gasteiger partial charge on any atom is -0.271 e. The van der Waals surface area contributed by atoms with Crippen molar-refractivity contribution >= 4 is 28.3 Å². The molecule has 0 saturated carbocycles. The minimum atomic E-state index is -0.730. The van der Waals surface area contributed by atoms with Gasteiger partial charge >= 0.3 is 0 Å². The third kappa shape index (κ3) is 3.42. The van der Waals surface area contributed by atoms with E-state index in [-0.39, 0.29) is 10.9 Å². The van der Waals surface area contributed by atoms with Gasteiger partial charge in [0.1, 0.15) is 11.5 Å². The van der Waals surface area contributed by atoms with Crippen molar-refractivity contribution in [3.63, 3.8) is 0 Å². The van der Waals surface area contributed by atoms with E-state index in [0.29, 0.717) is 0 Å². The predicted octanol–water partition coefficient (Wildman–Crippen LogP) is 2.16. The molecule has 0 bridgehead atoms. The molecule has 88 valence electrons. The first kappa shape index (κ1) is 12.9. The number of hydrogen-bond acceptors (Lipinski definition) is 5. The van der Waals surface area contributed by atoms with Gasteiger partial charge in [-0.3, -0.25) is 15.4 Å². The van der Waals surface area contributed by atoms with Crippen LogP contribution in [0.4, 0.5) is 15.8 Å². The summed E-state index contributed by atoms with van der Waals surface area (Å²) in [5.74, 6) is -0.713. The number of hydrogen-bond donors (Lipinski definition) is 1. The highest BCUT2D eigenvalue weighted by molar-refractivity contribution is 8.13. The van der Waals surface area contributed by atoms with E-state index in [1.54, 1.807) is 12.4 Å². The summed E-state index contributed by atoms with van der Waals surface area (Å²) in [6, 6.07) is 3.03. The van der Waals surface area contributed by atoms with Crippen LogP contribution in [0.5, 0.6) is 0 Å². The number of rotatable bonds is 2. The number of thioether (sulfide) groups is 1. The second kappa shape index (κ2) is 5.81. The van der Waals surface area contributed by atoms with Gasteiger partial charge in [0.15, 0.2) is 11.4 Å². The summed E-state index contributed by atoms with van der Waals surface area (Å²) in [4.78, 5) is 13.8. The average molecular weight is 254 g/mol. The summed E-state index contributed by atoms with van der Waals surface area (Å²) >= 11 is 1.11. The predicted molar refractivity (Wildman–Crippen MR) is 62.4 cm³/mol. The number of amidine groups is 1. The van der Waals surface area contributed by atoms with E-state index in [0.717, 1.165) is 23.9 Å². The lowest BCUT2D eigenvalue weighted by Gasteiger charge is -2.01. The maximum Gasteiger partial charge on any atom is 0.297 e. The molecule has 1 N–H and O–H groups in total. The zero-order chi connectivity index (χ0) is 12.8. The molecule has 6 nitrogen and oxygen atoms in total. The zero-order valence-corrected chi connectivity index (χ0v) is 9.49. The van der Waals surface area contributed by atoms with E-state index >= 15 is 0 Å². The molecule has 0 aliphatic heterocycles. The van der Waals surface area contributed by atoms with Gasteiger partial charge in [-0.05, 0) is 18.4 Å². The summed E-state index contributed by atoms with van der Waals surface area (Å²) in [5.41, 5.74) is -0.459. The highest BCUT2D eigenvalue weighted by atomic mass is 32.2. The van der Waals surface area contributed by atoms with Crippen molar-refractivity contribution in [1.82, 2.24) is 5.32 Å². The van der Waals surface area contributed by atoms with Gasteiger partial charge in [0.2, 0.25) is 0 Å². The summed E-state index contributed by atoms with van der Waals surface area (Å²) in [6.45, 7) is 0. The molecule has 0 radical (unpaired) electrons. The van der Waals surface area contributed by atoms with Crippen LogP contribution >= 0.6 is 11.8 Å². The Morgan fingerprint density at radius 1 is 1.71 bits per heavy atom. The van der Waals surface area contributed by atoms with Gasteiger partial charge in [0.05, 0.1) is 11.0 Å². The summed E-state index contributed by atoms with van der Waals surface area (Å²) in [6.07, 6.45) is 3.30. The lowest BCUT2D eigenvalue weighted by atomic mass is 10.2. The van der Waals surface area contributed by atoms with Crippen LogP contribution in [-0.2, 0) is 0 Å². The Hall–Kier alpha value is -2.14. The van der Waals surface area contributed by atoms with E-state index in [1.807, 2.05) is 0 Å². The van der Waals surface area contributed by atoms with Gasteiger partial charge in [-0.1, -0.05) is 11.8 Å². The molecule has 0 amide bonds. The molecule has 0 spiro atoms. The first-order valence-electron chi connectivity index (χ1n) is 4.30. The van der Waals surface area contributed by atoms with Gasteiger partial charge in [-0.2, -0.15) is 5.26 Å². The lowest BCUT2D eigenvalue weighted by molar-refractivity contribution is -0.384. The van der Waals surface area contributed by atoms with Crippen LogP contribution in [-0.4, -0.2) is 16.3 Å². The van der Waals surface area contributed by atoms with Crippen molar-refractivity contribution < 1.29 is 9.31 Å². The van der Waals surface area contributed by atoms with Gasteiger partial charge in [0.25, 0.3) is 5.69 Å². The highest BCUT2D eigenvalue weighted by Gasteiger charge is 2.15. The first-order valence-corrected chi connectivity index (χ1v) is 5.52. The molecule has 1 aromatic carbocycles. The van der Waals surface area contributed by atoms with Crippen LogP contribution in [0.3, 0.4) is 0 Å². The summed E-state index contributed by atoms with van der Waals surface area (Å²) in [7, 11) is 0. The molecule has 0 aliphatic carbocycles.